The van der Waals surface area contributed by atoms with Crippen LogP contribution in [-0.4, -0.2) is 37.6 Å². The van der Waals surface area contributed by atoms with E-state index < -0.39 is 0 Å². The molecule has 1 aromatic rings. The van der Waals surface area contributed by atoms with Gasteiger partial charge in [-0.1, -0.05) is 23.7 Å². The van der Waals surface area contributed by atoms with Gasteiger partial charge in [-0.05, 0) is 43.4 Å². The van der Waals surface area contributed by atoms with E-state index >= 15 is 0 Å². The van der Waals surface area contributed by atoms with Crippen LogP contribution in [0.25, 0.3) is 0 Å². The molecule has 0 radical (unpaired) electrons. The molecular weight excluding hydrogens is 321 g/mol. The number of hydrogen-bond acceptors (Lipinski definition) is 2. The van der Waals surface area contributed by atoms with Crippen molar-refractivity contribution in [2.24, 2.45) is 5.73 Å². The fourth-order valence-electron chi connectivity index (χ4n) is 3.31. The quantitative estimate of drug-likeness (QED) is 0.883. The Hall–Kier alpha value is -0.970. The minimum absolute atomic E-state index is 0. The number of carbonyl (C=O) groups is 1. The fourth-order valence-corrected chi connectivity index (χ4v) is 3.50. The summed E-state index contributed by atoms with van der Waals surface area (Å²) in [6, 6.07) is 8.27. The van der Waals surface area contributed by atoms with E-state index in [-0.39, 0.29) is 29.9 Å². The number of benzene rings is 1. The lowest BCUT2D eigenvalue weighted by Gasteiger charge is -2.42. The van der Waals surface area contributed by atoms with Gasteiger partial charge in [-0.2, -0.15) is 0 Å². The number of nitrogens with one attached hydrogen (secondary N) is 1. The molecule has 22 heavy (non-hydrogen) atoms. The molecule has 1 saturated carbocycles. The summed E-state index contributed by atoms with van der Waals surface area (Å²) in [7, 11) is 3.52. The summed E-state index contributed by atoms with van der Waals surface area (Å²) in [4.78, 5) is 13.5. The van der Waals surface area contributed by atoms with Crippen molar-refractivity contribution in [2.75, 3.05) is 20.6 Å². The molecule has 0 bridgehead atoms. The monoisotopic (exact) mass is 345 g/mol. The molecular formula is C16H25Cl2N3O. The Morgan fingerprint density at radius 1 is 1.45 bits per heavy atom. The largest absolute Gasteiger partial charge is 0.341 e. The summed E-state index contributed by atoms with van der Waals surface area (Å²) >= 11 is 6.12. The zero-order chi connectivity index (χ0) is 15.5. The molecule has 0 aromatic heterocycles. The summed E-state index contributed by atoms with van der Waals surface area (Å²) < 4.78 is 0. The topological polar surface area (TPSA) is 58.4 Å². The van der Waals surface area contributed by atoms with Crippen molar-refractivity contribution in [3.05, 3.63) is 34.9 Å². The lowest BCUT2D eigenvalue weighted by atomic mass is 9.68. The van der Waals surface area contributed by atoms with Gasteiger partial charge in [-0.15, -0.1) is 12.4 Å². The van der Waals surface area contributed by atoms with Crippen LogP contribution in [0.5, 0.6) is 0 Å². The molecule has 6 heteroatoms. The number of rotatable bonds is 3. The molecule has 0 atom stereocenters. The molecule has 0 aliphatic heterocycles. The van der Waals surface area contributed by atoms with Gasteiger partial charge in [0.2, 0.25) is 0 Å². The molecule has 1 fully saturated rings. The van der Waals surface area contributed by atoms with Gasteiger partial charge in [-0.25, -0.2) is 4.79 Å². The van der Waals surface area contributed by atoms with E-state index in [9.17, 15) is 4.79 Å². The molecule has 2 rings (SSSR count). The van der Waals surface area contributed by atoms with E-state index in [2.05, 4.69) is 11.4 Å². The predicted molar refractivity (Wildman–Crippen MR) is 93.9 cm³/mol. The summed E-state index contributed by atoms with van der Waals surface area (Å²) in [5.74, 6) is 0. The van der Waals surface area contributed by atoms with Gasteiger partial charge in [0.1, 0.15) is 0 Å². The second-order valence-electron chi connectivity index (χ2n) is 5.89. The van der Waals surface area contributed by atoms with E-state index in [0.717, 1.165) is 30.7 Å². The number of nitrogens with zero attached hydrogens (tertiary/aromatic N) is 1. The van der Waals surface area contributed by atoms with E-state index in [1.165, 1.54) is 5.56 Å². The number of halogens is 2. The van der Waals surface area contributed by atoms with Gasteiger partial charge in [0, 0.05) is 37.1 Å². The van der Waals surface area contributed by atoms with Crippen LogP contribution < -0.4 is 11.1 Å². The highest BCUT2D eigenvalue weighted by Gasteiger charge is 2.37. The average Bonchev–Trinajstić information content (AvgIpc) is 2.53. The molecule has 0 heterocycles. The van der Waals surface area contributed by atoms with Crippen LogP contribution in [-0.2, 0) is 5.41 Å². The zero-order valence-electron chi connectivity index (χ0n) is 13.1. The van der Waals surface area contributed by atoms with Crippen molar-refractivity contribution >= 4 is 30.0 Å². The lowest BCUT2D eigenvalue weighted by molar-refractivity contribution is 0.153. The van der Waals surface area contributed by atoms with Crippen molar-refractivity contribution < 1.29 is 4.79 Å². The third-order valence-corrected chi connectivity index (χ3v) is 5.06. The SMILES string of the molecule is CNC(=O)N(C)[C@H]1CC[C@@](CN)(c2cccc(Cl)c2)CC1.Cl. The van der Waals surface area contributed by atoms with Crippen LogP contribution in [0.3, 0.4) is 0 Å². The van der Waals surface area contributed by atoms with Crippen LogP contribution in [0.1, 0.15) is 31.2 Å². The minimum Gasteiger partial charge on any atom is -0.341 e. The van der Waals surface area contributed by atoms with Gasteiger partial charge in [0.15, 0.2) is 0 Å². The van der Waals surface area contributed by atoms with E-state index in [4.69, 9.17) is 17.3 Å². The molecule has 0 saturated heterocycles. The predicted octanol–water partition coefficient (Wildman–Crippen LogP) is 3.17. The van der Waals surface area contributed by atoms with Crippen molar-refractivity contribution in [1.82, 2.24) is 10.2 Å². The van der Waals surface area contributed by atoms with Gasteiger partial charge in [0.25, 0.3) is 0 Å². The number of amides is 2. The van der Waals surface area contributed by atoms with E-state index in [1.807, 2.05) is 25.2 Å². The highest BCUT2D eigenvalue weighted by Crippen LogP contribution is 2.40. The van der Waals surface area contributed by atoms with Crippen molar-refractivity contribution in [1.29, 1.82) is 0 Å². The summed E-state index contributed by atoms with van der Waals surface area (Å²) in [5, 5.41) is 3.44. The molecule has 1 aliphatic carbocycles. The third-order valence-electron chi connectivity index (χ3n) is 4.82. The molecule has 2 amide bonds. The van der Waals surface area contributed by atoms with E-state index in [1.54, 1.807) is 11.9 Å². The number of carbonyl (C=O) groups excluding carboxylic acids is 1. The first-order chi connectivity index (χ1) is 10.0. The Balaban J connectivity index is 0.00000242. The smallest absolute Gasteiger partial charge is 0.317 e. The Labute approximate surface area is 143 Å². The first-order valence-corrected chi connectivity index (χ1v) is 7.81. The first kappa shape index (κ1) is 19.1. The lowest BCUT2D eigenvalue weighted by Crippen LogP contribution is -2.48. The molecule has 4 nitrogen and oxygen atoms in total. The standard InChI is InChI=1S/C16H24ClN3O.ClH/c1-19-15(21)20(2)14-6-8-16(11-18,9-7-14)12-4-3-5-13(17)10-12;/h3-5,10,14H,6-9,11,18H2,1-2H3,(H,19,21);1H/t14-,16+;. The Morgan fingerprint density at radius 2 is 2.09 bits per heavy atom. The van der Waals surface area contributed by atoms with Crippen LogP contribution in [0.4, 0.5) is 4.79 Å². The molecule has 0 unspecified atom stereocenters. The maximum absolute atomic E-state index is 11.7. The number of urea groups is 1. The second kappa shape index (κ2) is 8.04. The summed E-state index contributed by atoms with van der Waals surface area (Å²) in [5.41, 5.74) is 7.30. The van der Waals surface area contributed by atoms with Crippen LogP contribution in [0, 0.1) is 0 Å². The Bertz CT molecular complexity index is 502. The normalized spacial score (nSPS) is 24.3. The third kappa shape index (κ3) is 3.86. The average molecular weight is 346 g/mol. The second-order valence-corrected chi connectivity index (χ2v) is 6.33. The minimum atomic E-state index is -0.0250. The summed E-state index contributed by atoms with van der Waals surface area (Å²) in [6.07, 6.45) is 3.90. The number of hydrogen-bond donors (Lipinski definition) is 2. The van der Waals surface area contributed by atoms with Crippen molar-refractivity contribution in [3.63, 3.8) is 0 Å². The van der Waals surface area contributed by atoms with Gasteiger partial charge in [-0.3, -0.25) is 0 Å². The van der Waals surface area contributed by atoms with Gasteiger partial charge in [0.05, 0.1) is 0 Å². The van der Waals surface area contributed by atoms with Crippen LogP contribution in [0.2, 0.25) is 5.02 Å². The first-order valence-electron chi connectivity index (χ1n) is 7.43. The van der Waals surface area contributed by atoms with Crippen LogP contribution >= 0.6 is 24.0 Å². The number of nitrogens with two attached hydrogens (primary N) is 1. The van der Waals surface area contributed by atoms with Crippen molar-refractivity contribution in [2.45, 2.75) is 37.1 Å². The maximum Gasteiger partial charge on any atom is 0.317 e. The summed E-state index contributed by atoms with van der Waals surface area (Å²) in [6.45, 7) is 0.615. The highest BCUT2D eigenvalue weighted by molar-refractivity contribution is 6.30. The molecule has 1 aromatic carbocycles. The molecule has 3 N–H and O–H groups in total. The van der Waals surface area contributed by atoms with Gasteiger partial charge < -0.3 is 16.0 Å². The highest BCUT2D eigenvalue weighted by atomic mass is 35.5. The molecule has 1 aliphatic rings. The van der Waals surface area contributed by atoms with Crippen LogP contribution in [0.15, 0.2) is 24.3 Å². The zero-order valence-corrected chi connectivity index (χ0v) is 14.7. The molecule has 0 spiro atoms. The Morgan fingerprint density at radius 3 is 2.59 bits per heavy atom. The Kier molecular flexibility index (Phi) is 6.98. The van der Waals surface area contributed by atoms with Crippen molar-refractivity contribution in [3.8, 4) is 0 Å². The molecule has 124 valence electrons. The van der Waals surface area contributed by atoms with E-state index in [0.29, 0.717) is 6.54 Å². The fraction of sp³-hybridized carbons (Fsp3) is 0.562. The maximum atomic E-state index is 11.7. The van der Waals surface area contributed by atoms with Gasteiger partial charge >= 0.3 is 6.03 Å².